The van der Waals surface area contributed by atoms with Gasteiger partial charge in [-0.05, 0) is 29.2 Å². The molecule has 31 heavy (non-hydrogen) atoms. The normalized spacial score (nSPS) is 11.1. The minimum atomic E-state index is -0.219. The predicted octanol–water partition coefficient (Wildman–Crippen LogP) is 3.77. The summed E-state index contributed by atoms with van der Waals surface area (Å²) >= 11 is 0. The predicted molar refractivity (Wildman–Crippen MR) is 122 cm³/mol. The Bertz CT molecular complexity index is 1230. The zero-order valence-corrected chi connectivity index (χ0v) is 17.8. The van der Waals surface area contributed by atoms with Crippen LogP contribution in [-0.4, -0.2) is 26.7 Å². The summed E-state index contributed by atoms with van der Waals surface area (Å²) in [6.07, 6.45) is 0. The molecule has 4 aromatic rings. The van der Waals surface area contributed by atoms with Gasteiger partial charge < -0.3 is 15.4 Å². The molecule has 0 amide bonds. The lowest BCUT2D eigenvalue weighted by atomic mass is 10.0. The number of benzene rings is 2. The van der Waals surface area contributed by atoms with Crippen LogP contribution in [0, 0.1) is 0 Å². The molecule has 8 nitrogen and oxygen atoms in total. The van der Waals surface area contributed by atoms with Gasteiger partial charge in [0.15, 0.2) is 0 Å². The van der Waals surface area contributed by atoms with Crippen molar-refractivity contribution in [3.8, 4) is 5.75 Å². The molecule has 2 aromatic carbocycles. The van der Waals surface area contributed by atoms with Crippen molar-refractivity contribution in [3.63, 3.8) is 0 Å². The van der Waals surface area contributed by atoms with Crippen LogP contribution in [0.15, 0.2) is 59.4 Å². The van der Waals surface area contributed by atoms with Crippen LogP contribution in [0.25, 0.3) is 5.78 Å². The van der Waals surface area contributed by atoms with Crippen molar-refractivity contribution in [3.05, 3.63) is 81.8 Å². The minimum Gasteiger partial charge on any atom is -0.495 e. The van der Waals surface area contributed by atoms with Crippen LogP contribution in [0.1, 0.15) is 36.6 Å². The number of rotatable bonds is 8. The average molecular weight is 419 g/mol. The summed E-state index contributed by atoms with van der Waals surface area (Å²) < 4.78 is 6.67. The third kappa shape index (κ3) is 4.69. The molecule has 0 aliphatic rings. The number of hydrogen-bond acceptors (Lipinski definition) is 6. The number of H-pyrrole nitrogens is 1. The molecule has 0 saturated heterocycles. The van der Waals surface area contributed by atoms with Crippen molar-refractivity contribution in [2.75, 3.05) is 17.7 Å². The molecule has 2 heterocycles. The molecule has 0 radical (unpaired) electrons. The van der Waals surface area contributed by atoms with E-state index in [9.17, 15) is 4.79 Å². The summed E-state index contributed by atoms with van der Waals surface area (Å²) in [5.41, 5.74) is 3.64. The van der Waals surface area contributed by atoms with E-state index in [0.29, 0.717) is 36.4 Å². The highest BCUT2D eigenvalue weighted by atomic mass is 16.5. The lowest BCUT2D eigenvalue weighted by molar-refractivity contribution is 0.416. The van der Waals surface area contributed by atoms with E-state index in [4.69, 9.17) is 4.74 Å². The average Bonchev–Trinajstić information content (AvgIpc) is 3.20. The van der Waals surface area contributed by atoms with Gasteiger partial charge >= 0.3 is 0 Å². The Morgan fingerprint density at radius 1 is 1.03 bits per heavy atom. The molecule has 0 fully saturated rings. The van der Waals surface area contributed by atoms with Crippen molar-refractivity contribution in [2.24, 2.45) is 0 Å². The maximum Gasteiger partial charge on any atom is 0.274 e. The van der Waals surface area contributed by atoms with Crippen LogP contribution in [0.4, 0.5) is 11.6 Å². The van der Waals surface area contributed by atoms with Gasteiger partial charge in [-0.25, -0.2) is 4.98 Å². The van der Waals surface area contributed by atoms with E-state index in [1.165, 1.54) is 16.1 Å². The van der Waals surface area contributed by atoms with Crippen LogP contribution < -0.4 is 20.9 Å². The second kappa shape index (κ2) is 8.91. The van der Waals surface area contributed by atoms with Gasteiger partial charge in [0.25, 0.3) is 11.3 Å². The largest absolute Gasteiger partial charge is 0.495 e. The molecule has 0 bridgehead atoms. The Kier molecular flexibility index (Phi) is 5.88. The second-order valence-corrected chi connectivity index (χ2v) is 7.60. The van der Waals surface area contributed by atoms with Crippen LogP contribution in [0.5, 0.6) is 5.75 Å². The molecule has 0 unspecified atom stereocenters. The van der Waals surface area contributed by atoms with E-state index in [0.717, 1.165) is 17.0 Å². The van der Waals surface area contributed by atoms with Gasteiger partial charge in [-0.1, -0.05) is 50.2 Å². The number of anilines is 2. The lowest BCUT2D eigenvalue weighted by Gasteiger charge is -2.10. The molecule has 0 spiro atoms. The molecule has 2 aromatic heterocycles. The van der Waals surface area contributed by atoms with E-state index < -0.39 is 0 Å². The molecule has 0 saturated carbocycles. The van der Waals surface area contributed by atoms with Gasteiger partial charge in [0.2, 0.25) is 5.95 Å². The summed E-state index contributed by atoms with van der Waals surface area (Å²) in [5, 5.41) is 9.43. The van der Waals surface area contributed by atoms with Crippen molar-refractivity contribution in [1.29, 1.82) is 0 Å². The summed E-state index contributed by atoms with van der Waals surface area (Å²) in [6.45, 7) is 5.32. The van der Waals surface area contributed by atoms with Crippen LogP contribution in [0.2, 0.25) is 0 Å². The molecule has 0 aliphatic heterocycles. The fraction of sp³-hybridized carbons (Fsp3) is 0.261. The van der Waals surface area contributed by atoms with Crippen LogP contribution in [0.3, 0.4) is 0 Å². The molecular formula is C23H26N6O2. The summed E-state index contributed by atoms with van der Waals surface area (Å²) in [6, 6.07) is 17.5. The maximum atomic E-state index is 12.5. The van der Waals surface area contributed by atoms with Crippen molar-refractivity contribution >= 4 is 17.4 Å². The molecule has 3 N–H and O–H groups in total. The number of nitrogens with zero attached hydrogens (tertiary/aromatic N) is 3. The highest BCUT2D eigenvalue weighted by Gasteiger charge is 2.09. The Hall–Kier alpha value is -3.81. The first-order valence-corrected chi connectivity index (χ1v) is 10.2. The highest BCUT2D eigenvalue weighted by Crippen LogP contribution is 2.23. The molecule has 0 atom stereocenters. The topological polar surface area (TPSA) is 96.3 Å². The third-order valence-electron chi connectivity index (χ3n) is 5.06. The molecule has 0 aliphatic carbocycles. The number of hydrogen-bond donors (Lipinski definition) is 3. The standard InChI is InChI=1S/C23H26N6O2/c1-15(2)17-10-8-16(9-11-17)13-25-22-27-23-26-18(12-21(30)29(23)28-22)14-24-19-6-4-5-7-20(19)31-3/h4-12,15,24H,13-14H2,1-3H3,(H2,25,26,27,28). The van der Waals surface area contributed by atoms with E-state index >= 15 is 0 Å². The maximum absolute atomic E-state index is 12.5. The van der Waals surface area contributed by atoms with Gasteiger partial charge in [-0.3, -0.25) is 9.89 Å². The number of aromatic nitrogens is 4. The summed E-state index contributed by atoms with van der Waals surface area (Å²) in [5.74, 6) is 2.05. The van der Waals surface area contributed by atoms with Gasteiger partial charge in [0.05, 0.1) is 25.0 Å². The quantitative estimate of drug-likeness (QED) is 0.403. The molecular weight excluding hydrogens is 392 g/mol. The minimum absolute atomic E-state index is 0.219. The number of aromatic amines is 1. The number of para-hydroxylation sites is 2. The van der Waals surface area contributed by atoms with Crippen molar-refractivity contribution < 1.29 is 4.74 Å². The molecule has 8 heteroatoms. The fourth-order valence-electron chi connectivity index (χ4n) is 3.28. The number of methoxy groups -OCH3 is 1. The van der Waals surface area contributed by atoms with Gasteiger partial charge in [0.1, 0.15) is 5.75 Å². The first-order valence-electron chi connectivity index (χ1n) is 10.2. The van der Waals surface area contributed by atoms with Crippen LogP contribution in [-0.2, 0) is 13.1 Å². The van der Waals surface area contributed by atoms with Crippen molar-refractivity contribution in [2.45, 2.75) is 32.9 Å². The van der Waals surface area contributed by atoms with E-state index in [2.05, 4.69) is 63.8 Å². The summed E-state index contributed by atoms with van der Waals surface area (Å²) in [4.78, 5) is 21.4. The lowest BCUT2D eigenvalue weighted by Crippen LogP contribution is -2.17. The highest BCUT2D eigenvalue weighted by molar-refractivity contribution is 5.56. The Balaban J connectivity index is 1.46. The fourth-order valence-corrected chi connectivity index (χ4v) is 3.28. The zero-order valence-electron chi connectivity index (χ0n) is 17.8. The number of fused-ring (bicyclic) bond motifs is 1. The van der Waals surface area contributed by atoms with E-state index in [-0.39, 0.29) is 5.56 Å². The Morgan fingerprint density at radius 3 is 2.55 bits per heavy atom. The number of ether oxygens (including phenoxy) is 1. The van der Waals surface area contributed by atoms with Crippen LogP contribution >= 0.6 is 0 Å². The second-order valence-electron chi connectivity index (χ2n) is 7.60. The Morgan fingerprint density at radius 2 is 1.81 bits per heavy atom. The number of nitrogens with one attached hydrogen (secondary N) is 3. The van der Waals surface area contributed by atoms with Gasteiger partial charge in [0, 0.05) is 12.6 Å². The first-order chi connectivity index (χ1) is 15.0. The summed E-state index contributed by atoms with van der Waals surface area (Å²) in [7, 11) is 1.62. The SMILES string of the molecule is COc1ccccc1NCc1cc(=O)n2[nH]c(NCc3ccc(C(C)C)cc3)nc2n1. The smallest absolute Gasteiger partial charge is 0.274 e. The monoisotopic (exact) mass is 418 g/mol. The van der Waals surface area contributed by atoms with E-state index in [1.54, 1.807) is 7.11 Å². The van der Waals surface area contributed by atoms with Gasteiger partial charge in [-0.15, -0.1) is 0 Å². The van der Waals surface area contributed by atoms with Gasteiger partial charge in [-0.2, -0.15) is 9.50 Å². The zero-order chi connectivity index (χ0) is 21.8. The van der Waals surface area contributed by atoms with E-state index in [1.807, 2.05) is 24.3 Å². The Labute approximate surface area is 180 Å². The molecule has 4 rings (SSSR count). The van der Waals surface area contributed by atoms with Crippen molar-refractivity contribution in [1.82, 2.24) is 19.6 Å². The molecule has 160 valence electrons. The third-order valence-corrected chi connectivity index (χ3v) is 5.06. The first kappa shape index (κ1) is 20.5.